The van der Waals surface area contributed by atoms with Crippen molar-refractivity contribution in [3.8, 4) is 5.75 Å². The number of hydrogen-bond acceptors (Lipinski definition) is 4. The topological polar surface area (TPSA) is 72.2 Å². The van der Waals surface area contributed by atoms with E-state index in [1.165, 1.54) is 0 Å². The van der Waals surface area contributed by atoms with Crippen LogP contribution in [0, 0.1) is 0 Å². The van der Waals surface area contributed by atoms with Crippen molar-refractivity contribution >= 4 is 23.5 Å². The van der Waals surface area contributed by atoms with Crippen LogP contribution in [0.3, 0.4) is 0 Å². The minimum Gasteiger partial charge on any atom is -0.491 e. The minimum atomic E-state index is 0.144. The molecule has 1 saturated heterocycles. The van der Waals surface area contributed by atoms with E-state index >= 15 is 0 Å². The number of benzene rings is 1. The zero-order chi connectivity index (χ0) is 12.1. The average Bonchev–Trinajstić information content (AvgIpc) is 3.11. The van der Waals surface area contributed by atoms with Gasteiger partial charge in [-0.25, -0.2) is 0 Å². The van der Waals surface area contributed by atoms with E-state index in [4.69, 9.17) is 15.2 Å². The average molecular weight is 251 g/mol. The second kappa shape index (κ2) is 5.60. The quantitative estimate of drug-likeness (QED) is 0.347. The van der Waals surface area contributed by atoms with Crippen molar-refractivity contribution < 1.29 is 9.47 Å². The van der Waals surface area contributed by atoms with Crippen molar-refractivity contribution in [1.29, 1.82) is 0 Å². The molecule has 90 valence electrons. The van der Waals surface area contributed by atoms with Crippen LogP contribution in [0.5, 0.6) is 5.75 Å². The third-order valence-corrected chi connectivity index (χ3v) is 2.20. The van der Waals surface area contributed by atoms with Crippen molar-refractivity contribution in [3.63, 3.8) is 0 Å². The third kappa shape index (κ3) is 4.38. The molecule has 3 N–H and O–H groups in total. The summed E-state index contributed by atoms with van der Waals surface area (Å²) >= 11 is 4.62. The van der Waals surface area contributed by atoms with E-state index in [2.05, 4.69) is 22.7 Å². The van der Waals surface area contributed by atoms with Crippen LogP contribution in [0.25, 0.3) is 0 Å². The van der Waals surface area contributed by atoms with E-state index in [9.17, 15) is 0 Å². The van der Waals surface area contributed by atoms with Gasteiger partial charge in [-0.1, -0.05) is 0 Å². The number of ether oxygens (including phenoxy) is 2. The van der Waals surface area contributed by atoms with Crippen molar-refractivity contribution in [2.45, 2.75) is 6.10 Å². The van der Waals surface area contributed by atoms with Gasteiger partial charge in [0, 0.05) is 0 Å². The van der Waals surface area contributed by atoms with Gasteiger partial charge >= 0.3 is 0 Å². The van der Waals surface area contributed by atoms with Gasteiger partial charge in [0.2, 0.25) is 0 Å². The van der Waals surface area contributed by atoms with Gasteiger partial charge in [-0.05, 0) is 42.0 Å². The maximum atomic E-state index is 5.50. The summed E-state index contributed by atoms with van der Waals surface area (Å²) in [5.74, 6) is 0.819. The third-order valence-electron chi connectivity index (χ3n) is 2.11. The minimum absolute atomic E-state index is 0.144. The molecule has 1 aliphatic rings. The van der Waals surface area contributed by atoms with E-state index in [1.54, 1.807) is 6.21 Å². The number of hydrogen-bond donors (Lipinski definition) is 2. The van der Waals surface area contributed by atoms with Crippen molar-refractivity contribution in [2.24, 2.45) is 10.8 Å². The highest BCUT2D eigenvalue weighted by molar-refractivity contribution is 7.80. The maximum Gasteiger partial charge on any atom is 0.184 e. The molecule has 1 fully saturated rings. The second-order valence-corrected chi connectivity index (χ2v) is 4.01. The number of nitrogens with two attached hydrogens (primary N) is 1. The van der Waals surface area contributed by atoms with Crippen LogP contribution in [-0.4, -0.2) is 30.6 Å². The van der Waals surface area contributed by atoms with Gasteiger partial charge < -0.3 is 15.2 Å². The van der Waals surface area contributed by atoms with Crippen LogP contribution in [0.15, 0.2) is 29.4 Å². The summed E-state index contributed by atoms with van der Waals surface area (Å²) in [6, 6.07) is 7.55. The maximum absolute atomic E-state index is 5.50. The second-order valence-electron chi connectivity index (χ2n) is 3.57. The predicted molar refractivity (Wildman–Crippen MR) is 69.2 cm³/mol. The van der Waals surface area contributed by atoms with Crippen LogP contribution in [0.1, 0.15) is 5.56 Å². The molecule has 1 atom stereocenters. The summed E-state index contributed by atoms with van der Waals surface area (Å²) in [6.07, 6.45) is 1.90. The first-order valence-electron chi connectivity index (χ1n) is 5.17. The summed E-state index contributed by atoms with van der Waals surface area (Å²) in [5.41, 5.74) is 8.65. The lowest BCUT2D eigenvalue weighted by atomic mass is 10.2. The van der Waals surface area contributed by atoms with Crippen LogP contribution < -0.4 is 15.9 Å². The number of thiocarbonyl (C=S) groups is 1. The van der Waals surface area contributed by atoms with Gasteiger partial charge in [-0.3, -0.25) is 5.43 Å². The molecule has 5 nitrogen and oxygen atoms in total. The van der Waals surface area contributed by atoms with Gasteiger partial charge in [-0.2, -0.15) is 5.10 Å². The largest absolute Gasteiger partial charge is 0.491 e. The summed E-state index contributed by atoms with van der Waals surface area (Å²) in [7, 11) is 0. The van der Waals surface area contributed by atoms with Gasteiger partial charge in [0.15, 0.2) is 5.11 Å². The number of hydrazone groups is 1. The molecule has 1 aliphatic heterocycles. The summed E-state index contributed by atoms with van der Waals surface area (Å²) in [5, 5.41) is 4.00. The number of rotatable bonds is 5. The van der Waals surface area contributed by atoms with Crippen LogP contribution in [0.4, 0.5) is 0 Å². The smallest absolute Gasteiger partial charge is 0.184 e. The fraction of sp³-hybridized carbons (Fsp3) is 0.273. The fourth-order valence-corrected chi connectivity index (χ4v) is 1.23. The van der Waals surface area contributed by atoms with Gasteiger partial charge in [-0.15, -0.1) is 0 Å². The Morgan fingerprint density at radius 3 is 2.88 bits per heavy atom. The first-order valence-corrected chi connectivity index (χ1v) is 5.58. The number of epoxide rings is 1. The zero-order valence-corrected chi connectivity index (χ0v) is 9.94. The molecule has 1 aromatic carbocycles. The van der Waals surface area contributed by atoms with Gasteiger partial charge in [0.05, 0.1) is 12.8 Å². The Labute approximate surface area is 105 Å². The first-order chi connectivity index (χ1) is 8.24. The van der Waals surface area contributed by atoms with Gasteiger partial charge in [0.25, 0.3) is 0 Å². The van der Waals surface area contributed by atoms with Crippen LogP contribution >= 0.6 is 12.2 Å². The highest BCUT2D eigenvalue weighted by atomic mass is 32.1. The normalized spacial score (nSPS) is 18.0. The summed E-state index contributed by atoms with van der Waals surface area (Å²) in [6.45, 7) is 1.41. The Hall–Kier alpha value is -1.66. The Morgan fingerprint density at radius 1 is 1.59 bits per heavy atom. The molecular formula is C11H13N3O2S. The van der Waals surface area contributed by atoms with Crippen molar-refractivity contribution in [2.75, 3.05) is 13.2 Å². The van der Waals surface area contributed by atoms with E-state index < -0.39 is 0 Å². The van der Waals surface area contributed by atoms with Crippen LogP contribution in [-0.2, 0) is 4.74 Å². The Kier molecular flexibility index (Phi) is 3.89. The van der Waals surface area contributed by atoms with E-state index in [-0.39, 0.29) is 11.2 Å². The first kappa shape index (κ1) is 11.8. The van der Waals surface area contributed by atoms with Crippen molar-refractivity contribution in [3.05, 3.63) is 29.8 Å². The molecule has 0 saturated carbocycles. The SMILES string of the molecule is NC(=S)NN=Cc1ccc(OCC2CO2)cc1. The predicted octanol–water partition coefficient (Wildman–Crippen LogP) is 0.631. The Bertz CT molecular complexity index is 415. The van der Waals surface area contributed by atoms with Crippen LogP contribution in [0.2, 0.25) is 0 Å². The molecular weight excluding hydrogens is 238 g/mol. The monoisotopic (exact) mass is 251 g/mol. The van der Waals surface area contributed by atoms with E-state index in [1.807, 2.05) is 24.3 Å². The van der Waals surface area contributed by atoms with Crippen molar-refractivity contribution in [1.82, 2.24) is 5.43 Å². The molecule has 2 rings (SSSR count). The zero-order valence-electron chi connectivity index (χ0n) is 9.13. The molecule has 17 heavy (non-hydrogen) atoms. The molecule has 0 aliphatic carbocycles. The number of nitrogens with one attached hydrogen (secondary N) is 1. The summed E-state index contributed by atoms with van der Waals surface area (Å²) in [4.78, 5) is 0. The molecule has 6 heteroatoms. The highest BCUT2D eigenvalue weighted by Crippen LogP contribution is 2.15. The standard InChI is InChI=1S/C11H13N3O2S/c12-11(17)14-13-5-8-1-3-9(4-2-8)15-6-10-7-16-10/h1-5,10H,6-7H2,(H3,12,14,17). The Morgan fingerprint density at radius 2 is 2.29 bits per heavy atom. The molecule has 1 unspecified atom stereocenters. The highest BCUT2D eigenvalue weighted by Gasteiger charge is 2.22. The fourth-order valence-electron chi connectivity index (χ4n) is 1.17. The lowest BCUT2D eigenvalue weighted by Gasteiger charge is -2.03. The molecule has 0 bridgehead atoms. The molecule has 1 aromatic rings. The molecule has 0 radical (unpaired) electrons. The molecule has 0 aromatic heterocycles. The van der Waals surface area contributed by atoms with Gasteiger partial charge in [0.1, 0.15) is 18.5 Å². The van der Waals surface area contributed by atoms with E-state index in [0.29, 0.717) is 6.61 Å². The lowest BCUT2D eigenvalue weighted by molar-refractivity contribution is 0.263. The molecule has 0 spiro atoms. The van der Waals surface area contributed by atoms with E-state index in [0.717, 1.165) is 17.9 Å². The summed E-state index contributed by atoms with van der Waals surface area (Å²) < 4.78 is 10.6. The molecule has 1 heterocycles. The lowest BCUT2D eigenvalue weighted by Crippen LogP contribution is -2.23. The number of nitrogens with zero attached hydrogens (tertiary/aromatic N) is 1. The Balaban J connectivity index is 1.83. The molecule has 0 amide bonds.